The lowest BCUT2D eigenvalue weighted by Gasteiger charge is -2.15. The molecule has 28 heavy (non-hydrogen) atoms. The van der Waals surface area contributed by atoms with Gasteiger partial charge in [0.25, 0.3) is 5.78 Å². The summed E-state index contributed by atoms with van der Waals surface area (Å²) in [6.45, 7) is 5.30. The monoisotopic (exact) mass is 378 g/mol. The number of nitrogens with zero attached hydrogens (tertiary/aromatic N) is 4. The second kappa shape index (κ2) is 7.14. The Morgan fingerprint density at radius 1 is 1.21 bits per heavy atom. The molecule has 1 aliphatic rings. The highest BCUT2D eigenvalue weighted by Gasteiger charge is 2.23. The van der Waals surface area contributed by atoms with Crippen LogP contribution in [0.15, 0.2) is 24.5 Å². The van der Waals surface area contributed by atoms with E-state index < -0.39 is 12.1 Å². The third-order valence-corrected chi connectivity index (χ3v) is 5.37. The minimum absolute atomic E-state index is 0.0300. The Kier molecular flexibility index (Phi) is 4.66. The normalized spacial score (nSPS) is 14.1. The first-order valence-electron chi connectivity index (χ1n) is 9.45. The van der Waals surface area contributed by atoms with E-state index in [4.69, 9.17) is 4.74 Å². The summed E-state index contributed by atoms with van der Waals surface area (Å²) in [5.41, 5.74) is 5.35. The number of Topliss-reactive ketones (excluding diaryl/α,β-unsaturated/α-hetero) is 1. The molecule has 0 saturated carbocycles. The van der Waals surface area contributed by atoms with Crippen LogP contribution in [0.1, 0.15) is 51.8 Å². The summed E-state index contributed by atoms with van der Waals surface area (Å²) in [4.78, 5) is 33.6. The molecule has 0 fully saturated rings. The summed E-state index contributed by atoms with van der Waals surface area (Å²) in [6, 6.07) is 5.77. The molecule has 0 radical (unpaired) electrons. The zero-order valence-electron chi connectivity index (χ0n) is 16.2. The largest absolute Gasteiger partial charge is 0.454 e. The van der Waals surface area contributed by atoms with Crippen molar-refractivity contribution in [3.8, 4) is 0 Å². The van der Waals surface area contributed by atoms with Crippen molar-refractivity contribution < 1.29 is 14.3 Å². The number of esters is 1. The van der Waals surface area contributed by atoms with Crippen LogP contribution >= 0.6 is 0 Å². The second-order valence-electron chi connectivity index (χ2n) is 7.24. The number of rotatable bonds is 5. The molecule has 1 atom stereocenters. The number of fused-ring (bicyclic) bond motifs is 2. The predicted molar refractivity (Wildman–Crippen MR) is 102 cm³/mol. The SMILES string of the molecule is Cc1nc2ncnn2c(C)c1CC(=O)O[C@@H](C)C(=O)c1ccc2c(c1)CCC2. The van der Waals surface area contributed by atoms with Gasteiger partial charge in [-0.1, -0.05) is 12.1 Å². The van der Waals surface area contributed by atoms with Crippen LogP contribution in [0, 0.1) is 13.8 Å². The van der Waals surface area contributed by atoms with Crippen LogP contribution in [0.4, 0.5) is 0 Å². The summed E-state index contributed by atoms with van der Waals surface area (Å²) < 4.78 is 7.02. The van der Waals surface area contributed by atoms with Gasteiger partial charge in [-0.05, 0) is 57.2 Å². The summed E-state index contributed by atoms with van der Waals surface area (Å²) >= 11 is 0. The Labute approximate surface area is 162 Å². The molecule has 1 aromatic carbocycles. The maximum Gasteiger partial charge on any atom is 0.311 e. The Hall–Kier alpha value is -3.09. The molecule has 2 heterocycles. The number of benzene rings is 1. The maximum absolute atomic E-state index is 12.7. The van der Waals surface area contributed by atoms with Crippen molar-refractivity contribution in [2.45, 2.75) is 52.6 Å². The van der Waals surface area contributed by atoms with Gasteiger partial charge in [0.15, 0.2) is 6.10 Å². The lowest BCUT2D eigenvalue weighted by atomic mass is 10.0. The number of hydrogen-bond donors (Lipinski definition) is 0. The number of ether oxygens (including phenoxy) is 1. The Morgan fingerprint density at radius 2 is 2.00 bits per heavy atom. The van der Waals surface area contributed by atoms with Crippen LogP contribution in [-0.2, 0) is 28.8 Å². The number of aryl methyl sites for hydroxylation is 4. The summed E-state index contributed by atoms with van der Waals surface area (Å²) in [5.74, 6) is -0.150. The molecule has 0 bridgehead atoms. The second-order valence-corrected chi connectivity index (χ2v) is 7.24. The van der Waals surface area contributed by atoms with Gasteiger partial charge in [0.05, 0.1) is 6.42 Å². The first-order valence-corrected chi connectivity index (χ1v) is 9.45. The minimum atomic E-state index is -0.837. The highest BCUT2D eigenvalue weighted by molar-refractivity contribution is 6.00. The number of aromatic nitrogens is 4. The van der Waals surface area contributed by atoms with Gasteiger partial charge in [0.1, 0.15) is 6.33 Å². The first kappa shape index (κ1) is 18.3. The van der Waals surface area contributed by atoms with Gasteiger partial charge in [-0.3, -0.25) is 9.59 Å². The topological polar surface area (TPSA) is 86.4 Å². The lowest BCUT2D eigenvalue weighted by molar-refractivity contribution is -0.145. The molecule has 0 saturated heterocycles. The van der Waals surface area contributed by atoms with E-state index >= 15 is 0 Å². The van der Waals surface area contributed by atoms with Gasteiger partial charge >= 0.3 is 5.97 Å². The van der Waals surface area contributed by atoms with Crippen LogP contribution in [-0.4, -0.2) is 37.4 Å². The van der Waals surface area contributed by atoms with Crippen molar-refractivity contribution in [3.63, 3.8) is 0 Å². The van der Waals surface area contributed by atoms with E-state index in [1.165, 1.54) is 17.5 Å². The molecule has 0 unspecified atom stereocenters. The van der Waals surface area contributed by atoms with Crippen LogP contribution in [0.5, 0.6) is 0 Å². The number of carbonyl (C=O) groups is 2. The van der Waals surface area contributed by atoms with Gasteiger partial charge < -0.3 is 4.74 Å². The van der Waals surface area contributed by atoms with Crippen molar-refractivity contribution in [1.82, 2.24) is 19.6 Å². The van der Waals surface area contributed by atoms with Crippen LogP contribution in [0.3, 0.4) is 0 Å². The molecular weight excluding hydrogens is 356 g/mol. The summed E-state index contributed by atoms with van der Waals surface area (Å²) in [5, 5.41) is 4.12. The molecule has 0 aliphatic heterocycles. The average Bonchev–Trinajstić information content (AvgIpc) is 3.32. The number of hydrogen-bond acceptors (Lipinski definition) is 6. The van der Waals surface area contributed by atoms with Crippen LogP contribution < -0.4 is 0 Å². The van der Waals surface area contributed by atoms with E-state index in [-0.39, 0.29) is 12.2 Å². The maximum atomic E-state index is 12.7. The third kappa shape index (κ3) is 3.28. The van der Waals surface area contributed by atoms with Gasteiger partial charge in [-0.2, -0.15) is 10.1 Å². The zero-order chi connectivity index (χ0) is 19.8. The highest BCUT2D eigenvalue weighted by Crippen LogP contribution is 2.24. The smallest absolute Gasteiger partial charge is 0.311 e. The van der Waals surface area contributed by atoms with Gasteiger partial charge in [-0.25, -0.2) is 9.50 Å². The van der Waals surface area contributed by atoms with E-state index in [2.05, 4.69) is 15.1 Å². The van der Waals surface area contributed by atoms with Gasteiger partial charge in [0.2, 0.25) is 5.78 Å². The van der Waals surface area contributed by atoms with Crippen molar-refractivity contribution in [1.29, 1.82) is 0 Å². The van der Waals surface area contributed by atoms with Crippen molar-refractivity contribution in [2.75, 3.05) is 0 Å². The van der Waals surface area contributed by atoms with Gasteiger partial charge in [0, 0.05) is 22.5 Å². The first-order chi connectivity index (χ1) is 13.4. The fraction of sp³-hybridized carbons (Fsp3) is 0.381. The average molecular weight is 378 g/mol. The van der Waals surface area contributed by atoms with Crippen molar-refractivity contribution >= 4 is 17.5 Å². The molecule has 1 aliphatic carbocycles. The highest BCUT2D eigenvalue weighted by atomic mass is 16.5. The van der Waals surface area contributed by atoms with Crippen molar-refractivity contribution in [3.05, 3.63) is 58.2 Å². The van der Waals surface area contributed by atoms with Gasteiger partial charge in [-0.15, -0.1) is 0 Å². The Balaban J connectivity index is 1.47. The Bertz CT molecular complexity index is 1090. The summed E-state index contributed by atoms with van der Waals surface area (Å²) in [7, 11) is 0. The molecule has 7 heteroatoms. The number of carbonyl (C=O) groups excluding carboxylic acids is 2. The molecule has 4 rings (SSSR count). The van der Waals surface area contributed by atoms with E-state index in [9.17, 15) is 9.59 Å². The Morgan fingerprint density at radius 3 is 2.82 bits per heavy atom. The quantitative estimate of drug-likeness (QED) is 0.501. The fourth-order valence-electron chi connectivity index (χ4n) is 3.81. The van der Waals surface area contributed by atoms with E-state index in [1.54, 1.807) is 11.4 Å². The third-order valence-electron chi connectivity index (χ3n) is 5.37. The zero-order valence-corrected chi connectivity index (χ0v) is 16.2. The molecular formula is C21H22N4O3. The molecule has 7 nitrogen and oxygen atoms in total. The predicted octanol–water partition coefficient (Wildman–Crippen LogP) is 2.59. The molecule has 3 aromatic rings. The molecule has 2 aromatic heterocycles. The number of ketones is 1. The van der Waals surface area contributed by atoms with Crippen molar-refractivity contribution in [2.24, 2.45) is 0 Å². The van der Waals surface area contributed by atoms with Crippen LogP contribution in [0.2, 0.25) is 0 Å². The lowest BCUT2D eigenvalue weighted by Crippen LogP contribution is -2.26. The molecule has 144 valence electrons. The van der Waals surface area contributed by atoms with E-state index in [0.717, 1.165) is 30.5 Å². The minimum Gasteiger partial charge on any atom is -0.454 e. The van der Waals surface area contributed by atoms with Crippen LogP contribution in [0.25, 0.3) is 5.78 Å². The summed E-state index contributed by atoms with van der Waals surface area (Å²) in [6.07, 6.45) is 3.81. The van der Waals surface area contributed by atoms with E-state index in [0.29, 0.717) is 17.0 Å². The fourth-order valence-corrected chi connectivity index (χ4v) is 3.81. The molecule has 0 spiro atoms. The van der Waals surface area contributed by atoms with E-state index in [1.807, 2.05) is 32.0 Å². The molecule has 0 N–H and O–H groups in total. The molecule has 0 amide bonds. The standard InChI is InChI=1S/C21H22N4O3/c1-12-18(13(2)25-21(24-12)22-11-23-25)10-19(26)28-14(3)20(27)17-8-7-15-5-4-6-16(15)9-17/h7-9,11,14H,4-6,10H2,1-3H3/t14-/m0/s1.